The lowest BCUT2D eigenvalue weighted by Crippen LogP contribution is -2.51. The van der Waals surface area contributed by atoms with Gasteiger partial charge in [0, 0.05) is 5.71 Å². The number of carboxylic acids is 1. The van der Waals surface area contributed by atoms with Crippen LogP contribution in [0.1, 0.15) is 93.4 Å². The Labute approximate surface area is 216 Å². The highest BCUT2D eigenvalue weighted by Gasteiger charge is 2.44. The lowest BCUT2D eigenvalue weighted by atomic mass is 9.69. The third-order valence-corrected chi connectivity index (χ3v) is 7.67. The Balaban J connectivity index is 2.01. The van der Waals surface area contributed by atoms with Crippen LogP contribution in [0.4, 0.5) is 13.2 Å². The molecule has 0 heterocycles. The molecule has 1 atom stereocenters. The van der Waals surface area contributed by atoms with E-state index in [1.807, 2.05) is 6.92 Å². The molecule has 1 fully saturated rings. The predicted molar refractivity (Wildman–Crippen MR) is 138 cm³/mol. The van der Waals surface area contributed by atoms with Crippen molar-refractivity contribution < 1.29 is 27.9 Å². The van der Waals surface area contributed by atoms with Crippen LogP contribution in [0, 0.1) is 11.3 Å². The molecule has 1 N–H and O–H groups in total. The SMILES string of the molecule is C/C(=N\C1(N(C=O)C(C)c2ccc(C(=O)O)cc2)CCC(C(C)(C)C)CC1)c1ccc(C(F)(F)F)cc1. The number of benzene rings is 2. The van der Waals surface area contributed by atoms with E-state index in [0.717, 1.165) is 36.9 Å². The lowest BCUT2D eigenvalue weighted by molar-refractivity contribution is -0.137. The van der Waals surface area contributed by atoms with Gasteiger partial charge in [-0.3, -0.25) is 9.79 Å². The fourth-order valence-electron chi connectivity index (χ4n) is 5.27. The third-order valence-electron chi connectivity index (χ3n) is 7.67. The Morgan fingerprint density at radius 1 is 1.03 bits per heavy atom. The number of amides is 1. The Morgan fingerprint density at radius 3 is 1.97 bits per heavy atom. The van der Waals surface area contributed by atoms with Gasteiger partial charge < -0.3 is 10.0 Å². The second-order valence-electron chi connectivity index (χ2n) is 11.0. The molecule has 0 aliphatic heterocycles. The van der Waals surface area contributed by atoms with Crippen molar-refractivity contribution in [1.82, 2.24) is 4.90 Å². The van der Waals surface area contributed by atoms with Crippen molar-refractivity contribution in [1.29, 1.82) is 0 Å². The number of hydrogen-bond acceptors (Lipinski definition) is 3. The summed E-state index contributed by atoms with van der Waals surface area (Å²) < 4.78 is 39.1. The van der Waals surface area contributed by atoms with E-state index in [9.17, 15) is 27.9 Å². The molecule has 0 aromatic heterocycles. The molecule has 2 aromatic carbocycles. The molecule has 1 saturated carbocycles. The minimum atomic E-state index is -4.42. The molecule has 0 saturated heterocycles. The topological polar surface area (TPSA) is 70.0 Å². The first-order valence-electron chi connectivity index (χ1n) is 12.5. The molecule has 8 heteroatoms. The first-order chi connectivity index (χ1) is 17.2. The molecule has 5 nitrogen and oxygen atoms in total. The van der Waals surface area contributed by atoms with E-state index in [2.05, 4.69) is 20.8 Å². The van der Waals surface area contributed by atoms with Crippen LogP contribution in [0.2, 0.25) is 0 Å². The van der Waals surface area contributed by atoms with Gasteiger partial charge in [-0.15, -0.1) is 0 Å². The summed E-state index contributed by atoms with van der Waals surface area (Å²) in [6, 6.07) is 10.9. The summed E-state index contributed by atoms with van der Waals surface area (Å²) in [5.41, 5.74) is 0.557. The van der Waals surface area contributed by atoms with Crippen molar-refractivity contribution >= 4 is 18.1 Å². The highest BCUT2D eigenvalue weighted by Crippen LogP contribution is 2.46. The minimum absolute atomic E-state index is 0.0998. The summed E-state index contributed by atoms with van der Waals surface area (Å²) in [5.74, 6) is -0.582. The number of carboxylic acid groups (broad SMARTS) is 1. The van der Waals surface area contributed by atoms with E-state index in [-0.39, 0.29) is 11.0 Å². The molecule has 1 unspecified atom stereocenters. The molecule has 0 bridgehead atoms. The lowest BCUT2D eigenvalue weighted by Gasteiger charge is -2.48. The van der Waals surface area contributed by atoms with Gasteiger partial charge >= 0.3 is 12.1 Å². The maximum Gasteiger partial charge on any atom is 0.416 e. The molecular weight excluding hydrogens is 481 g/mol. The van der Waals surface area contributed by atoms with E-state index in [1.165, 1.54) is 24.3 Å². The van der Waals surface area contributed by atoms with Gasteiger partial charge in [-0.1, -0.05) is 45.0 Å². The van der Waals surface area contributed by atoms with Crippen LogP contribution < -0.4 is 0 Å². The summed E-state index contributed by atoms with van der Waals surface area (Å²) in [5, 5.41) is 9.23. The fourth-order valence-corrected chi connectivity index (χ4v) is 5.27. The molecule has 37 heavy (non-hydrogen) atoms. The van der Waals surface area contributed by atoms with Crippen molar-refractivity contribution in [2.75, 3.05) is 0 Å². The number of aliphatic imine (C=N–C) groups is 1. The first kappa shape index (κ1) is 28.4. The average molecular weight is 517 g/mol. The smallest absolute Gasteiger partial charge is 0.416 e. The number of rotatable bonds is 7. The normalized spacial score (nSPS) is 21.8. The fraction of sp³-hybridized carbons (Fsp3) is 0.483. The number of hydrogen-bond donors (Lipinski definition) is 1. The molecule has 1 aliphatic rings. The molecule has 2 aromatic rings. The van der Waals surface area contributed by atoms with Crippen molar-refractivity contribution in [3.05, 3.63) is 70.8 Å². The van der Waals surface area contributed by atoms with Gasteiger partial charge in [-0.05, 0) is 86.3 Å². The van der Waals surface area contributed by atoms with E-state index in [4.69, 9.17) is 4.99 Å². The molecule has 1 aliphatic carbocycles. The van der Waals surface area contributed by atoms with E-state index < -0.39 is 29.4 Å². The van der Waals surface area contributed by atoms with Crippen molar-refractivity contribution in [2.45, 2.75) is 78.2 Å². The molecular formula is C29H35F3N2O3. The molecule has 0 radical (unpaired) electrons. The van der Waals surface area contributed by atoms with Crippen molar-refractivity contribution in [3.8, 4) is 0 Å². The summed E-state index contributed by atoms with van der Waals surface area (Å²) in [6.45, 7) is 10.2. The quantitative estimate of drug-likeness (QED) is 0.309. The van der Waals surface area contributed by atoms with Crippen LogP contribution in [-0.4, -0.2) is 33.8 Å². The van der Waals surface area contributed by atoms with Crippen LogP contribution in [-0.2, 0) is 11.0 Å². The zero-order valence-corrected chi connectivity index (χ0v) is 22.0. The molecule has 0 spiro atoms. The Hall–Kier alpha value is -3.16. The summed E-state index contributed by atoms with van der Waals surface area (Å²) >= 11 is 0. The Bertz CT molecular complexity index is 1120. The zero-order valence-electron chi connectivity index (χ0n) is 22.0. The first-order valence-corrected chi connectivity index (χ1v) is 12.5. The number of aromatic carboxylic acids is 1. The molecule has 200 valence electrons. The van der Waals surface area contributed by atoms with E-state index >= 15 is 0 Å². The monoisotopic (exact) mass is 516 g/mol. The maximum absolute atomic E-state index is 13.0. The van der Waals surface area contributed by atoms with Gasteiger partial charge in [-0.2, -0.15) is 13.2 Å². The van der Waals surface area contributed by atoms with Gasteiger partial charge in [0.1, 0.15) is 5.66 Å². The molecule has 1 amide bonds. The Morgan fingerprint density at radius 2 is 1.54 bits per heavy atom. The van der Waals surface area contributed by atoms with Crippen LogP contribution >= 0.6 is 0 Å². The summed E-state index contributed by atoms with van der Waals surface area (Å²) in [7, 11) is 0. The number of carbonyl (C=O) groups excluding carboxylic acids is 1. The van der Waals surface area contributed by atoms with E-state index in [1.54, 1.807) is 24.0 Å². The standard InChI is InChI=1S/C29H35F3N2O3/c1-19(21-10-12-25(13-11-21)29(30,31)32)33-28(16-14-24(15-17-28)27(3,4)5)34(18-35)20(2)22-6-8-23(9-7-22)26(36)37/h6-13,18,20,24H,14-17H2,1-5H3,(H,36,37)/b33-19+. The van der Waals surface area contributed by atoms with Crippen LogP contribution in [0.15, 0.2) is 53.5 Å². The highest BCUT2D eigenvalue weighted by atomic mass is 19.4. The average Bonchev–Trinajstić information content (AvgIpc) is 2.83. The highest BCUT2D eigenvalue weighted by molar-refractivity contribution is 5.99. The summed E-state index contributed by atoms with van der Waals surface area (Å²) in [6.07, 6.45) is -0.705. The van der Waals surface area contributed by atoms with Gasteiger partial charge in [-0.25, -0.2) is 4.79 Å². The second kappa shape index (κ2) is 10.7. The number of alkyl halides is 3. The van der Waals surface area contributed by atoms with Gasteiger partial charge in [0.15, 0.2) is 0 Å². The minimum Gasteiger partial charge on any atom is -0.478 e. The van der Waals surface area contributed by atoms with Crippen molar-refractivity contribution in [2.24, 2.45) is 16.3 Å². The largest absolute Gasteiger partial charge is 0.478 e. The van der Waals surface area contributed by atoms with Gasteiger partial charge in [0.2, 0.25) is 6.41 Å². The molecule has 3 rings (SSSR count). The van der Waals surface area contributed by atoms with Crippen LogP contribution in [0.3, 0.4) is 0 Å². The van der Waals surface area contributed by atoms with Crippen molar-refractivity contribution in [3.63, 3.8) is 0 Å². The summed E-state index contributed by atoms with van der Waals surface area (Å²) in [4.78, 5) is 30.6. The second-order valence-corrected chi connectivity index (χ2v) is 11.0. The predicted octanol–water partition coefficient (Wildman–Crippen LogP) is 7.36. The van der Waals surface area contributed by atoms with Gasteiger partial charge in [0.25, 0.3) is 0 Å². The van der Waals surface area contributed by atoms with E-state index in [0.29, 0.717) is 30.0 Å². The van der Waals surface area contributed by atoms with Crippen LogP contribution in [0.25, 0.3) is 0 Å². The number of halogens is 3. The zero-order chi connectivity index (χ0) is 27.6. The van der Waals surface area contributed by atoms with Gasteiger partial charge in [0.05, 0.1) is 17.2 Å². The number of carbonyl (C=O) groups is 2. The number of nitrogens with zero attached hydrogens (tertiary/aromatic N) is 2. The Kier molecular flexibility index (Phi) is 8.20. The third kappa shape index (κ3) is 6.40. The maximum atomic E-state index is 13.0. The van der Waals surface area contributed by atoms with Crippen LogP contribution in [0.5, 0.6) is 0 Å².